The third-order valence-electron chi connectivity index (χ3n) is 6.25. The predicted octanol–water partition coefficient (Wildman–Crippen LogP) is 5.91. The van der Waals surface area contributed by atoms with Crippen LogP contribution in [0, 0.1) is 0 Å². The molecule has 0 bridgehead atoms. The van der Waals surface area contributed by atoms with Gasteiger partial charge in [-0.25, -0.2) is 0 Å². The highest BCUT2D eigenvalue weighted by Crippen LogP contribution is 2.67. The van der Waals surface area contributed by atoms with Crippen LogP contribution in [0.2, 0.25) is 0 Å². The Morgan fingerprint density at radius 2 is 1.31 bits per heavy atom. The molecule has 0 aliphatic heterocycles. The second kappa shape index (κ2) is 5.22. The summed E-state index contributed by atoms with van der Waals surface area (Å²) in [5, 5.41) is 10.7. The molecule has 3 aromatic rings. The molecule has 1 N–H and O–H groups in total. The van der Waals surface area contributed by atoms with Gasteiger partial charge in [0.25, 0.3) is 0 Å². The molecule has 5 rings (SSSR count). The molecule has 0 fully saturated rings. The Balaban J connectivity index is 1.96. The molecule has 0 saturated heterocycles. The molecule has 0 radical (unpaired) electrons. The van der Waals surface area contributed by atoms with Gasteiger partial charge in [0.1, 0.15) is 5.75 Å². The van der Waals surface area contributed by atoms with E-state index in [1.54, 1.807) is 6.07 Å². The van der Waals surface area contributed by atoms with Crippen molar-refractivity contribution in [3.05, 3.63) is 114 Å². The number of phenolic OH excluding ortho intramolecular Hbond substituents is 1. The molecule has 0 aromatic heterocycles. The number of hydrogen-bond donors (Lipinski definition) is 1. The van der Waals surface area contributed by atoms with Crippen molar-refractivity contribution in [3.8, 4) is 16.9 Å². The molecule has 3 aromatic carbocycles. The smallest absolute Gasteiger partial charge is 0.119 e. The van der Waals surface area contributed by atoms with Crippen LogP contribution in [-0.4, -0.2) is 5.11 Å². The minimum absolute atomic E-state index is 0.00787. The van der Waals surface area contributed by atoms with Crippen molar-refractivity contribution in [1.29, 1.82) is 0 Å². The fourth-order valence-electron chi connectivity index (χ4n) is 5.44. The van der Waals surface area contributed by atoms with Gasteiger partial charge in [0.2, 0.25) is 0 Å². The van der Waals surface area contributed by atoms with Crippen molar-refractivity contribution in [3.63, 3.8) is 0 Å². The number of fused-ring (bicyclic) bond motifs is 6. The van der Waals surface area contributed by atoms with Crippen molar-refractivity contribution in [2.24, 2.45) is 0 Å². The minimum Gasteiger partial charge on any atom is -0.508 e. The molecule has 2 aliphatic rings. The Hall–Kier alpha value is -3.06. The zero-order valence-corrected chi connectivity index (χ0v) is 14.5. The maximum atomic E-state index is 10.7. The molecule has 2 atom stereocenters. The summed E-state index contributed by atoms with van der Waals surface area (Å²) in [6.07, 6.45) is 4.04. The van der Waals surface area contributed by atoms with Gasteiger partial charge in [-0.2, -0.15) is 0 Å². The zero-order valence-electron chi connectivity index (χ0n) is 14.5. The van der Waals surface area contributed by atoms with Gasteiger partial charge in [-0.3, -0.25) is 0 Å². The van der Waals surface area contributed by atoms with Gasteiger partial charge in [0.15, 0.2) is 0 Å². The SMILES string of the molecule is C=CC1c2cccc(O)c2C(C=C)C12c1ccccc1-c1ccccc12. The molecule has 0 amide bonds. The fraction of sp³-hybridized carbons (Fsp3) is 0.120. The molecule has 1 nitrogen and oxygen atoms in total. The van der Waals surface area contributed by atoms with Gasteiger partial charge in [0, 0.05) is 22.8 Å². The Morgan fingerprint density at radius 1 is 0.731 bits per heavy atom. The largest absolute Gasteiger partial charge is 0.508 e. The lowest BCUT2D eigenvalue weighted by molar-refractivity contribution is 0.444. The summed E-state index contributed by atoms with van der Waals surface area (Å²) < 4.78 is 0. The van der Waals surface area contributed by atoms with Crippen LogP contribution in [0.1, 0.15) is 34.1 Å². The zero-order chi connectivity index (χ0) is 17.9. The lowest BCUT2D eigenvalue weighted by Crippen LogP contribution is -2.32. The van der Waals surface area contributed by atoms with E-state index in [0.717, 1.165) is 11.1 Å². The molecule has 2 unspecified atom stereocenters. The van der Waals surface area contributed by atoms with Crippen LogP contribution in [0.3, 0.4) is 0 Å². The van der Waals surface area contributed by atoms with Crippen LogP contribution in [0.25, 0.3) is 11.1 Å². The second-order valence-electron chi connectivity index (χ2n) is 7.17. The quantitative estimate of drug-likeness (QED) is 0.577. The van der Waals surface area contributed by atoms with Gasteiger partial charge in [0.05, 0.1) is 0 Å². The monoisotopic (exact) mass is 336 g/mol. The highest BCUT2D eigenvalue weighted by Gasteiger charge is 2.58. The minimum atomic E-state index is -0.308. The highest BCUT2D eigenvalue weighted by atomic mass is 16.3. The maximum Gasteiger partial charge on any atom is 0.119 e. The van der Waals surface area contributed by atoms with E-state index in [0.29, 0.717) is 5.75 Å². The van der Waals surface area contributed by atoms with Crippen LogP contribution in [0.5, 0.6) is 5.75 Å². The molecule has 126 valence electrons. The van der Waals surface area contributed by atoms with Crippen LogP contribution >= 0.6 is 0 Å². The van der Waals surface area contributed by atoms with Crippen molar-refractivity contribution >= 4 is 0 Å². The van der Waals surface area contributed by atoms with E-state index in [-0.39, 0.29) is 17.3 Å². The van der Waals surface area contributed by atoms with Crippen molar-refractivity contribution in [2.75, 3.05) is 0 Å². The van der Waals surface area contributed by atoms with Crippen molar-refractivity contribution < 1.29 is 5.11 Å². The van der Waals surface area contributed by atoms with Gasteiger partial charge in [-0.1, -0.05) is 72.8 Å². The molecule has 1 spiro atoms. The number of rotatable bonds is 2. The molecule has 0 heterocycles. The number of hydrogen-bond acceptors (Lipinski definition) is 1. The average molecular weight is 336 g/mol. The molecular formula is C25H20O. The van der Waals surface area contributed by atoms with Crippen molar-refractivity contribution in [2.45, 2.75) is 17.3 Å². The van der Waals surface area contributed by atoms with E-state index in [9.17, 15) is 5.11 Å². The van der Waals surface area contributed by atoms with E-state index in [2.05, 4.69) is 67.8 Å². The highest BCUT2D eigenvalue weighted by molar-refractivity contribution is 5.85. The number of benzene rings is 3. The van der Waals surface area contributed by atoms with Gasteiger partial charge < -0.3 is 5.11 Å². The first-order valence-electron chi connectivity index (χ1n) is 9.01. The lowest BCUT2D eigenvalue weighted by atomic mass is 9.64. The van der Waals surface area contributed by atoms with Crippen molar-refractivity contribution in [1.82, 2.24) is 0 Å². The Kier molecular flexibility index (Phi) is 3.05. The summed E-state index contributed by atoms with van der Waals surface area (Å²) in [6, 6.07) is 23.1. The first kappa shape index (κ1) is 15.2. The van der Waals surface area contributed by atoms with Crippen LogP contribution in [0.15, 0.2) is 92.0 Å². The summed E-state index contributed by atoms with van der Waals surface area (Å²) in [7, 11) is 0. The third-order valence-corrected chi connectivity index (χ3v) is 6.25. The molecule has 0 saturated carbocycles. The maximum absolute atomic E-state index is 10.7. The first-order valence-corrected chi connectivity index (χ1v) is 9.01. The number of aromatic hydroxyl groups is 1. The summed E-state index contributed by atoms with van der Waals surface area (Å²) in [6.45, 7) is 8.36. The van der Waals surface area contributed by atoms with Gasteiger partial charge >= 0.3 is 0 Å². The van der Waals surface area contributed by atoms with Gasteiger partial charge in [-0.05, 0) is 33.9 Å². The van der Waals surface area contributed by atoms with E-state index in [1.165, 1.54) is 22.3 Å². The first-order chi connectivity index (χ1) is 12.7. The Morgan fingerprint density at radius 3 is 1.88 bits per heavy atom. The average Bonchev–Trinajstić information content (AvgIpc) is 3.14. The normalized spacial score (nSPS) is 21.1. The Labute approximate surface area is 154 Å². The third kappa shape index (κ3) is 1.56. The predicted molar refractivity (Wildman–Crippen MR) is 107 cm³/mol. The van der Waals surface area contributed by atoms with Crippen LogP contribution < -0.4 is 0 Å². The number of allylic oxidation sites excluding steroid dienone is 2. The van der Waals surface area contributed by atoms with E-state index in [1.807, 2.05) is 18.2 Å². The summed E-state index contributed by atoms with van der Waals surface area (Å²) in [4.78, 5) is 0. The summed E-state index contributed by atoms with van der Waals surface area (Å²) >= 11 is 0. The Bertz CT molecular complexity index is 1010. The number of phenols is 1. The second-order valence-corrected chi connectivity index (χ2v) is 7.17. The lowest BCUT2D eigenvalue weighted by Gasteiger charge is -2.37. The van der Waals surface area contributed by atoms with Crippen LogP contribution in [0.4, 0.5) is 0 Å². The standard InChI is InChI=1S/C25H20O/c1-3-19-18-12-9-15-23(26)24(18)20(4-2)25(19)21-13-7-5-10-16(21)17-11-6-8-14-22(17)25/h3-15,19-20,26H,1-2H2. The molecule has 2 aliphatic carbocycles. The summed E-state index contributed by atoms with van der Waals surface area (Å²) in [5.74, 6) is 0.418. The van der Waals surface area contributed by atoms with Crippen LogP contribution in [-0.2, 0) is 5.41 Å². The molecular weight excluding hydrogens is 316 g/mol. The van der Waals surface area contributed by atoms with Gasteiger partial charge in [-0.15, -0.1) is 13.2 Å². The fourth-order valence-corrected chi connectivity index (χ4v) is 5.44. The van der Waals surface area contributed by atoms with E-state index >= 15 is 0 Å². The topological polar surface area (TPSA) is 20.2 Å². The van der Waals surface area contributed by atoms with E-state index < -0.39 is 0 Å². The molecule has 1 heteroatoms. The summed E-state index contributed by atoms with van der Waals surface area (Å²) in [5.41, 5.74) is 6.97. The molecule has 26 heavy (non-hydrogen) atoms. The van der Waals surface area contributed by atoms with E-state index in [4.69, 9.17) is 0 Å².